The summed E-state index contributed by atoms with van der Waals surface area (Å²) >= 11 is 0. The molecular weight excluding hydrogens is 791 g/mol. The van der Waals surface area contributed by atoms with Crippen LogP contribution in [0.4, 0.5) is 0 Å². The van der Waals surface area contributed by atoms with E-state index in [1.807, 2.05) is 0 Å². The van der Waals surface area contributed by atoms with Crippen molar-refractivity contribution in [2.75, 3.05) is 6.61 Å². The van der Waals surface area contributed by atoms with Gasteiger partial charge in [-0.25, -0.2) is 0 Å². The zero-order valence-electron chi connectivity index (χ0n) is 41.9. The van der Waals surface area contributed by atoms with Crippen molar-refractivity contribution in [2.24, 2.45) is 0 Å². The Kier molecular flexibility index (Phi) is 48.7. The zero-order chi connectivity index (χ0) is 46.7. The van der Waals surface area contributed by atoms with E-state index >= 15 is 0 Å². The number of carbonyl (C=O) groups excluding carboxylic acids is 2. The number of rotatable bonds is 47. The first-order valence-corrected chi connectivity index (χ1v) is 26.8. The fourth-order valence-electron chi connectivity index (χ4n) is 7.74. The van der Waals surface area contributed by atoms with Crippen molar-refractivity contribution in [3.8, 4) is 0 Å². The van der Waals surface area contributed by atoms with Crippen molar-refractivity contribution in [1.82, 2.24) is 5.32 Å². The van der Waals surface area contributed by atoms with E-state index in [0.717, 1.165) is 103 Å². The average molecular weight is 892 g/mol. The van der Waals surface area contributed by atoms with Crippen molar-refractivity contribution in [1.29, 1.82) is 0 Å². The highest BCUT2D eigenvalue weighted by Gasteiger charge is 2.24. The van der Waals surface area contributed by atoms with Gasteiger partial charge in [-0.2, -0.15) is 0 Å². The molecule has 0 fully saturated rings. The highest BCUT2D eigenvalue weighted by Crippen LogP contribution is 2.17. The van der Waals surface area contributed by atoms with Crippen LogP contribution in [-0.4, -0.2) is 46.9 Å². The lowest BCUT2D eigenvalue weighted by Crippen LogP contribution is -2.46. The summed E-state index contributed by atoms with van der Waals surface area (Å²) in [6, 6.07) is -0.725. The van der Waals surface area contributed by atoms with Crippen LogP contribution in [0.25, 0.3) is 0 Å². The van der Waals surface area contributed by atoms with Crippen LogP contribution in [0.5, 0.6) is 0 Å². The molecule has 0 radical (unpaired) electrons. The van der Waals surface area contributed by atoms with Gasteiger partial charge in [0.05, 0.1) is 25.2 Å². The zero-order valence-corrected chi connectivity index (χ0v) is 41.9. The minimum atomic E-state index is -0.808. The number of aliphatic hydroxyl groups is 2. The van der Waals surface area contributed by atoms with Gasteiger partial charge in [0, 0.05) is 6.42 Å². The van der Waals surface area contributed by atoms with Gasteiger partial charge >= 0.3 is 5.97 Å². The van der Waals surface area contributed by atoms with Gasteiger partial charge in [-0.05, 0) is 89.9 Å². The topological polar surface area (TPSA) is 95.9 Å². The molecule has 0 saturated carbocycles. The second kappa shape index (κ2) is 51.0. The summed E-state index contributed by atoms with van der Waals surface area (Å²) in [4.78, 5) is 26.2. The van der Waals surface area contributed by atoms with Crippen molar-refractivity contribution >= 4 is 11.9 Å². The van der Waals surface area contributed by atoms with E-state index in [9.17, 15) is 19.8 Å². The average Bonchev–Trinajstić information content (AvgIpc) is 3.29. The third kappa shape index (κ3) is 45.6. The molecule has 6 heteroatoms. The first kappa shape index (κ1) is 61.0. The number of carbonyl (C=O) groups is 2. The summed E-state index contributed by atoms with van der Waals surface area (Å²) in [6.07, 6.45) is 66.5. The first-order chi connectivity index (χ1) is 31.5. The molecule has 3 unspecified atom stereocenters. The first-order valence-electron chi connectivity index (χ1n) is 26.8. The molecule has 1 amide bonds. The van der Waals surface area contributed by atoms with E-state index in [1.165, 1.54) is 96.3 Å². The molecule has 0 aliphatic heterocycles. The maximum absolute atomic E-state index is 13.2. The Morgan fingerprint density at radius 2 is 0.859 bits per heavy atom. The number of hydrogen-bond donors (Lipinski definition) is 3. The number of esters is 1. The van der Waals surface area contributed by atoms with Gasteiger partial charge < -0.3 is 20.3 Å². The van der Waals surface area contributed by atoms with E-state index in [1.54, 1.807) is 0 Å². The Hall–Kier alpha value is -2.96. The van der Waals surface area contributed by atoms with Crippen LogP contribution in [-0.2, 0) is 14.3 Å². The number of nitrogens with one attached hydrogen (secondary N) is 1. The molecule has 0 saturated heterocycles. The summed E-state index contributed by atoms with van der Waals surface area (Å²) in [5.41, 5.74) is 0. The van der Waals surface area contributed by atoms with E-state index in [0.29, 0.717) is 19.3 Å². The Labute approximate surface area is 395 Å². The van der Waals surface area contributed by atoms with Crippen LogP contribution in [0.3, 0.4) is 0 Å². The summed E-state index contributed by atoms with van der Waals surface area (Å²) in [6.45, 7) is 6.25. The SMILES string of the molecule is CC/C=C\C/C=C\C/C=C\C/C=C\C/C=C\CCCC(CC(=O)NC(CO)C(O)CCCCCCCCCCCCCCCC)OC(=O)CCCCCCCCC/C=C/C/C=C/CC. The lowest BCUT2D eigenvalue weighted by atomic mass is 10.0. The molecule has 0 aromatic carbocycles. The predicted molar refractivity (Wildman–Crippen MR) is 278 cm³/mol. The molecule has 0 spiro atoms. The van der Waals surface area contributed by atoms with Crippen molar-refractivity contribution in [3.63, 3.8) is 0 Å². The molecule has 0 aliphatic carbocycles. The second-order valence-corrected chi connectivity index (χ2v) is 17.9. The fourth-order valence-corrected chi connectivity index (χ4v) is 7.74. The minimum Gasteiger partial charge on any atom is -0.462 e. The summed E-state index contributed by atoms with van der Waals surface area (Å²) in [5.74, 6) is -0.541. The molecule has 0 bridgehead atoms. The number of unbranched alkanes of at least 4 members (excludes halogenated alkanes) is 21. The van der Waals surface area contributed by atoms with Crippen LogP contribution in [0.15, 0.2) is 85.1 Å². The number of allylic oxidation sites excluding steroid dienone is 14. The molecule has 0 rings (SSSR count). The Balaban J connectivity index is 4.70. The van der Waals surface area contributed by atoms with Gasteiger partial charge in [0.1, 0.15) is 6.10 Å². The Bertz CT molecular complexity index is 1230. The molecule has 0 heterocycles. The van der Waals surface area contributed by atoms with Gasteiger partial charge in [-0.3, -0.25) is 9.59 Å². The molecule has 64 heavy (non-hydrogen) atoms. The largest absolute Gasteiger partial charge is 0.462 e. The van der Waals surface area contributed by atoms with Crippen LogP contribution in [0.1, 0.15) is 245 Å². The molecular formula is C58H101NO5. The van der Waals surface area contributed by atoms with Crippen molar-refractivity contribution in [2.45, 2.75) is 264 Å². The summed E-state index contributed by atoms with van der Waals surface area (Å²) in [5, 5.41) is 23.8. The van der Waals surface area contributed by atoms with Crippen LogP contribution >= 0.6 is 0 Å². The van der Waals surface area contributed by atoms with Gasteiger partial charge in [0.2, 0.25) is 5.91 Å². The quantitative estimate of drug-likeness (QED) is 0.0321. The van der Waals surface area contributed by atoms with E-state index in [2.05, 4.69) is 111 Å². The third-order valence-electron chi connectivity index (χ3n) is 11.7. The predicted octanol–water partition coefficient (Wildman–Crippen LogP) is 16.3. The fraction of sp³-hybridized carbons (Fsp3) is 0.724. The van der Waals surface area contributed by atoms with E-state index < -0.39 is 18.2 Å². The summed E-state index contributed by atoms with van der Waals surface area (Å²) in [7, 11) is 0. The molecule has 3 atom stereocenters. The lowest BCUT2D eigenvalue weighted by molar-refractivity contribution is -0.151. The molecule has 0 aromatic rings. The molecule has 3 N–H and O–H groups in total. The molecule has 0 aliphatic rings. The smallest absolute Gasteiger partial charge is 0.306 e. The second-order valence-electron chi connectivity index (χ2n) is 17.9. The normalized spacial score (nSPS) is 13.9. The van der Waals surface area contributed by atoms with Crippen molar-refractivity contribution < 1.29 is 24.5 Å². The van der Waals surface area contributed by atoms with Gasteiger partial charge in [0.15, 0.2) is 0 Å². The van der Waals surface area contributed by atoms with Crippen LogP contribution < -0.4 is 5.32 Å². The van der Waals surface area contributed by atoms with E-state index in [4.69, 9.17) is 4.74 Å². The molecule has 6 nitrogen and oxygen atoms in total. The standard InChI is InChI=1S/C58H101NO5/c1-4-7-10-13-16-19-22-25-28-29-30-31-34-37-40-43-46-49-54(64-58(63)51-48-45-42-39-36-33-27-24-21-18-15-12-9-6-3)52-57(62)59-55(53-60)56(61)50-47-44-41-38-35-32-26-23-20-17-14-11-8-5-2/h7,9-10,12,16,18-19,21,25,28,30-31,37,40,54-56,60-61H,4-6,8,11,13-15,17,20,22-24,26-27,29,32-36,38-39,41-53H2,1-3H3,(H,59,62)/b10-7-,12-9+,19-16-,21-18+,28-25-,31-30-,40-37-. The van der Waals surface area contributed by atoms with Crippen molar-refractivity contribution in [3.05, 3.63) is 85.1 Å². The highest BCUT2D eigenvalue weighted by molar-refractivity contribution is 5.77. The van der Waals surface area contributed by atoms with Crippen LogP contribution in [0, 0.1) is 0 Å². The number of ether oxygens (including phenoxy) is 1. The monoisotopic (exact) mass is 892 g/mol. The number of aliphatic hydroxyl groups excluding tert-OH is 2. The third-order valence-corrected chi connectivity index (χ3v) is 11.7. The van der Waals surface area contributed by atoms with Crippen LogP contribution in [0.2, 0.25) is 0 Å². The highest BCUT2D eigenvalue weighted by atomic mass is 16.5. The summed E-state index contributed by atoms with van der Waals surface area (Å²) < 4.78 is 5.91. The lowest BCUT2D eigenvalue weighted by Gasteiger charge is -2.24. The maximum Gasteiger partial charge on any atom is 0.306 e. The number of hydrogen-bond acceptors (Lipinski definition) is 5. The van der Waals surface area contributed by atoms with E-state index in [-0.39, 0.29) is 24.9 Å². The maximum atomic E-state index is 13.2. The minimum absolute atomic E-state index is 0.0319. The Morgan fingerprint density at radius 1 is 0.469 bits per heavy atom. The molecule has 368 valence electrons. The Morgan fingerprint density at radius 3 is 1.31 bits per heavy atom. The number of amides is 1. The van der Waals surface area contributed by atoms with Gasteiger partial charge in [-0.1, -0.05) is 228 Å². The molecule has 0 aromatic heterocycles. The van der Waals surface area contributed by atoms with Gasteiger partial charge in [0.25, 0.3) is 0 Å². The van der Waals surface area contributed by atoms with Gasteiger partial charge in [-0.15, -0.1) is 0 Å².